The zero-order valence-corrected chi connectivity index (χ0v) is 8.40. The van der Waals surface area contributed by atoms with Crippen LogP contribution in [0, 0.1) is 0 Å². The molecule has 1 aromatic carbocycles. The van der Waals surface area contributed by atoms with E-state index in [1.807, 2.05) is 24.3 Å². The van der Waals surface area contributed by atoms with E-state index < -0.39 is 8.60 Å². The van der Waals surface area contributed by atoms with Gasteiger partial charge in [0.05, 0.1) is 5.39 Å². The highest BCUT2D eigenvalue weighted by Crippen LogP contribution is 2.38. The molecule has 2 rings (SSSR count). The minimum Gasteiger partial charge on any atom is -0.433 e. The summed E-state index contributed by atoms with van der Waals surface area (Å²) in [7, 11) is -0.524. The molecule has 1 unspecified atom stereocenters. The van der Waals surface area contributed by atoms with Gasteiger partial charge in [0, 0.05) is 12.5 Å². The Balaban J connectivity index is 2.33. The zero-order valence-electron chi connectivity index (χ0n) is 7.51. The molecule has 0 aliphatic heterocycles. The minimum absolute atomic E-state index is 0.288. The quantitative estimate of drug-likeness (QED) is 0.794. The van der Waals surface area contributed by atoms with Gasteiger partial charge in [0.2, 0.25) is 0 Å². The van der Waals surface area contributed by atoms with Crippen LogP contribution >= 0.6 is 8.60 Å². The highest BCUT2D eigenvalue weighted by molar-refractivity contribution is 7.41. The van der Waals surface area contributed by atoms with Crippen LogP contribution in [0.25, 0.3) is 10.8 Å². The van der Waals surface area contributed by atoms with Gasteiger partial charge in [-0.25, -0.2) is 0 Å². The van der Waals surface area contributed by atoms with E-state index in [0.717, 1.165) is 10.8 Å². The van der Waals surface area contributed by atoms with E-state index in [4.69, 9.17) is 13.8 Å². The molecule has 0 amide bonds. The molecule has 0 radical (unpaired) electrons. The van der Waals surface area contributed by atoms with E-state index in [9.17, 15) is 0 Å². The first-order valence-electron chi connectivity index (χ1n) is 3.98. The fourth-order valence-electron chi connectivity index (χ4n) is 1.15. The van der Waals surface area contributed by atoms with Gasteiger partial charge in [-0.1, -0.05) is 18.2 Å². The van der Waals surface area contributed by atoms with Gasteiger partial charge in [0.15, 0.2) is 0 Å². The summed E-state index contributed by atoms with van der Waals surface area (Å²) in [5, 5.41) is 1.76. The van der Waals surface area contributed by atoms with Crippen LogP contribution in [-0.2, 0) is 4.52 Å². The number of hydrogen-bond acceptors (Lipinski definition) is 4. The lowest BCUT2D eigenvalue weighted by Crippen LogP contribution is -1.86. The lowest BCUT2D eigenvalue weighted by atomic mass is 10.2. The van der Waals surface area contributed by atoms with E-state index >= 15 is 0 Å². The summed E-state index contributed by atoms with van der Waals surface area (Å²) in [6.07, 6.45) is 1.57. The molecule has 0 aliphatic rings. The fourth-order valence-corrected chi connectivity index (χ4v) is 1.50. The Morgan fingerprint density at radius 1 is 1.36 bits per heavy atom. The number of hydrogen-bond donors (Lipinski definition) is 1. The Kier molecular flexibility index (Phi) is 2.68. The van der Waals surface area contributed by atoms with Crippen LogP contribution in [0.15, 0.2) is 34.9 Å². The summed E-state index contributed by atoms with van der Waals surface area (Å²) in [5.74, 6) is 0.288. The van der Waals surface area contributed by atoms with Gasteiger partial charge in [0.1, 0.15) is 6.26 Å². The highest BCUT2D eigenvalue weighted by Gasteiger charge is 2.12. The van der Waals surface area contributed by atoms with Crippen molar-refractivity contribution in [3.63, 3.8) is 0 Å². The Morgan fingerprint density at radius 2 is 2.14 bits per heavy atom. The second-order valence-corrected chi connectivity index (χ2v) is 3.65. The molecule has 4 nitrogen and oxygen atoms in total. The summed E-state index contributed by atoms with van der Waals surface area (Å²) >= 11 is 0. The largest absolute Gasteiger partial charge is 0.433 e. The summed E-state index contributed by atoms with van der Waals surface area (Å²) in [4.78, 5) is 9.15. The average Bonchev–Trinajstić information content (AvgIpc) is 2.62. The minimum atomic E-state index is -1.90. The Hall–Kier alpha value is -1.09. The maximum atomic E-state index is 9.15. The summed E-state index contributed by atoms with van der Waals surface area (Å²) < 4.78 is 14.8. The number of furan rings is 1. The maximum Gasteiger partial charge on any atom is 0.396 e. The number of benzene rings is 1. The number of rotatable bonds is 3. The van der Waals surface area contributed by atoms with Gasteiger partial charge < -0.3 is 18.4 Å². The van der Waals surface area contributed by atoms with Crippen molar-refractivity contribution in [2.45, 2.75) is 0 Å². The summed E-state index contributed by atoms with van der Waals surface area (Å²) in [6, 6.07) is 7.53. The monoisotopic (exact) mass is 212 g/mol. The third-order valence-electron chi connectivity index (χ3n) is 1.79. The molecule has 0 aliphatic carbocycles. The molecule has 0 bridgehead atoms. The van der Waals surface area contributed by atoms with Crippen LogP contribution in [0.1, 0.15) is 0 Å². The van der Waals surface area contributed by atoms with Gasteiger partial charge in [0.25, 0.3) is 5.95 Å². The third kappa shape index (κ3) is 1.73. The predicted molar refractivity (Wildman–Crippen MR) is 53.0 cm³/mol. The summed E-state index contributed by atoms with van der Waals surface area (Å²) in [6.45, 7) is 0. The Morgan fingerprint density at radius 3 is 2.93 bits per heavy atom. The van der Waals surface area contributed by atoms with E-state index in [0.29, 0.717) is 0 Å². The van der Waals surface area contributed by atoms with Crippen molar-refractivity contribution in [2.24, 2.45) is 0 Å². The smallest absolute Gasteiger partial charge is 0.396 e. The first-order valence-corrected chi connectivity index (χ1v) is 5.11. The topological polar surface area (TPSA) is 51.8 Å². The maximum absolute atomic E-state index is 9.15. The van der Waals surface area contributed by atoms with E-state index in [-0.39, 0.29) is 5.95 Å². The standard InChI is InChI=1S/C9H9O4P/c1-11-14(10)13-9-8-5-3-2-4-7(8)6-12-9/h2-6,10H,1H3. The predicted octanol–water partition coefficient (Wildman–Crippen LogP) is 2.68. The molecule has 0 saturated carbocycles. The molecule has 1 atom stereocenters. The second kappa shape index (κ2) is 3.96. The van der Waals surface area contributed by atoms with E-state index in [1.165, 1.54) is 7.11 Å². The van der Waals surface area contributed by atoms with Gasteiger partial charge >= 0.3 is 8.60 Å². The first-order chi connectivity index (χ1) is 6.81. The lowest BCUT2D eigenvalue weighted by molar-refractivity contribution is 0.288. The van der Waals surface area contributed by atoms with Gasteiger partial charge in [-0.05, 0) is 6.07 Å². The van der Waals surface area contributed by atoms with Crippen LogP contribution in [0.5, 0.6) is 5.95 Å². The molecule has 1 N–H and O–H groups in total. The highest BCUT2D eigenvalue weighted by atomic mass is 31.2. The van der Waals surface area contributed by atoms with Crippen molar-refractivity contribution in [3.8, 4) is 5.95 Å². The fraction of sp³-hybridized carbons (Fsp3) is 0.111. The normalized spacial score (nSPS) is 13.0. The molecule has 74 valence electrons. The van der Waals surface area contributed by atoms with Crippen LogP contribution in [-0.4, -0.2) is 12.0 Å². The molecule has 5 heteroatoms. The summed E-state index contributed by atoms with van der Waals surface area (Å²) in [5.41, 5.74) is 0. The van der Waals surface area contributed by atoms with Crippen molar-refractivity contribution in [1.82, 2.24) is 0 Å². The van der Waals surface area contributed by atoms with Crippen LogP contribution in [0.3, 0.4) is 0 Å². The molecule has 2 aromatic rings. The molecule has 1 heterocycles. The SMILES string of the molecule is COP(O)Oc1occ2ccccc12. The van der Waals surface area contributed by atoms with Crippen molar-refractivity contribution in [2.75, 3.05) is 7.11 Å². The van der Waals surface area contributed by atoms with Gasteiger partial charge in [-0.15, -0.1) is 0 Å². The van der Waals surface area contributed by atoms with Crippen molar-refractivity contribution in [1.29, 1.82) is 0 Å². The molecule has 1 aromatic heterocycles. The van der Waals surface area contributed by atoms with Gasteiger partial charge in [-0.3, -0.25) is 0 Å². The molecule has 0 spiro atoms. The van der Waals surface area contributed by atoms with Gasteiger partial charge in [-0.2, -0.15) is 0 Å². The molecule has 0 saturated heterocycles. The molecule has 0 fully saturated rings. The molecule has 14 heavy (non-hydrogen) atoms. The van der Waals surface area contributed by atoms with E-state index in [2.05, 4.69) is 4.52 Å². The van der Waals surface area contributed by atoms with Crippen LogP contribution < -0.4 is 4.52 Å². The van der Waals surface area contributed by atoms with E-state index in [1.54, 1.807) is 6.26 Å². The average molecular weight is 212 g/mol. The number of fused-ring (bicyclic) bond motifs is 1. The first kappa shape index (κ1) is 9.46. The van der Waals surface area contributed by atoms with Crippen LogP contribution in [0.4, 0.5) is 0 Å². The second-order valence-electron chi connectivity index (χ2n) is 2.62. The van der Waals surface area contributed by atoms with Crippen molar-refractivity contribution < 1.29 is 18.4 Å². The molecular formula is C9H9O4P. The van der Waals surface area contributed by atoms with Crippen molar-refractivity contribution in [3.05, 3.63) is 30.5 Å². The third-order valence-corrected chi connectivity index (χ3v) is 2.43. The van der Waals surface area contributed by atoms with Crippen molar-refractivity contribution >= 4 is 19.4 Å². The molecular weight excluding hydrogens is 203 g/mol. The Bertz CT molecular complexity index is 425. The lowest BCUT2D eigenvalue weighted by Gasteiger charge is -2.05. The zero-order chi connectivity index (χ0) is 9.97. The van der Waals surface area contributed by atoms with Crippen LogP contribution in [0.2, 0.25) is 0 Å². The Labute approximate surface area is 82.1 Å².